The number of nitrogens with two attached hydrogens (primary N) is 1. The minimum Gasteiger partial charge on any atom is -0.480 e. The predicted octanol–water partition coefficient (Wildman–Crippen LogP) is 2.22. The van der Waals surface area contributed by atoms with Crippen LogP contribution < -0.4 is 5.73 Å². The van der Waals surface area contributed by atoms with Gasteiger partial charge in [-0.15, -0.1) is 0 Å². The van der Waals surface area contributed by atoms with Gasteiger partial charge in [0, 0.05) is 0 Å². The molecule has 124 valence electrons. The lowest BCUT2D eigenvalue weighted by Crippen LogP contribution is -2.38. The third kappa shape index (κ3) is 6.13. The monoisotopic (exact) mass is 329 g/mol. The third-order valence-corrected chi connectivity index (χ3v) is 4.63. The smallest absolute Gasteiger partial charge is 0.320 e. The number of rotatable bonds is 3. The molecule has 0 heterocycles. The highest BCUT2D eigenvalue weighted by Gasteiger charge is 2.25. The van der Waals surface area contributed by atoms with Crippen molar-refractivity contribution in [1.29, 1.82) is 0 Å². The highest BCUT2D eigenvalue weighted by Crippen LogP contribution is 2.25. The van der Waals surface area contributed by atoms with E-state index in [4.69, 9.17) is 15.4 Å². The zero-order chi connectivity index (χ0) is 16.8. The average Bonchev–Trinajstić information content (AvgIpc) is 2.47. The van der Waals surface area contributed by atoms with Crippen molar-refractivity contribution in [2.24, 2.45) is 11.7 Å². The van der Waals surface area contributed by atoms with E-state index in [1.54, 1.807) is 12.1 Å². The molecule has 2 rings (SSSR count). The fourth-order valence-corrected chi connectivity index (χ4v) is 2.89. The van der Waals surface area contributed by atoms with E-state index in [1.165, 1.54) is 18.6 Å². The van der Waals surface area contributed by atoms with E-state index in [9.17, 15) is 13.2 Å². The summed E-state index contributed by atoms with van der Waals surface area (Å²) < 4.78 is 29.6. The molecule has 0 aromatic heterocycles. The third-order valence-electron chi connectivity index (χ3n) is 3.76. The minimum absolute atomic E-state index is 0.0666. The molecule has 1 saturated carbocycles. The van der Waals surface area contributed by atoms with E-state index in [-0.39, 0.29) is 10.8 Å². The minimum atomic E-state index is -4.02. The summed E-state index contributed by atoms with van der Waals surface area (Å²) in [6.07, 6.45) is 5.51. The molecule has 1 aliphatic carbocycles. The van der Waals surface area contributed by atoms with Crippen molar-refractivity contribution in [3.8, 4) is 0 Å². The Hall–Kier alpha value is -1.44. The Bertz CT molecular complexity index is 576. The first kappa shape index (κ1) is 18.6. The number of hydrogen-bond acceptors (Lipinski definition) is 4. The lowest BCUT2D eigenvalue weighted by atomic mass is 9.84. The zero-order valence-electron chi connectivity index (χ0n) is 12.6. The first-order valence-electron chi connectivity index (χ1n) is 7.24. The maximum absolute atomic E-state index is 10.5. The molecular weight excluding hydrogens is 306 g/mol. The van der Waals surface area contributed by atoms with Gasteiger partial charge in [-0.1, -0.05) is 37.0 Å². The first-order chi connectivity index (χ1) is 10.2. The Morgan fingerprint density at radius 2 is 1.68 bits per heavy atom. The molecule has 6 nitrogen and oxygen atoms in total. The standard InChI is InChI=1S/C8H15NO2.C7H8O3S/c9-7(8(10)11)6-4-2-1-3-5-6;1-6-2-4-7(5-3-6)11(8,9)10/h6-7H,1-5,9H2,(H,10,11);2-5H,1H3,(H,8,9,10)/t7-;/m0./s1. The van der Waals surface area contributed by atoms with Crippen LogP contribution in [-0.2, 0) is 14.9 Å². The summed E-state index contributed by atoms with van der Waals surface area (Å²) >= 11 is 0. The van der Waals surface area contributed by atoms with Crippen molar-refractivity contribution in [2.75, 3.05) is 0 Å². The average molecular weight is 329 g/mol. The highest BCUT2D eigenvalue weighted by molar-refractivity contribution is 7.85. The quantitative estimate of drug-likeness (QED) is 0.732. The Morgan fingerprint density at radius 3 is 2.09 bits per heavy atom. The Balaban J connectivity index is 0.000000220. The van der Waals surface area contributed by atoms with Gasteiger partial charge < -0.3 is 10.8 Å². The number of benzene rings is 1. The molecule has 0 amide bonds. The molecule has 22 heavy (non-hydrogen) atoms. The van der Waals surface area contributed by atoms with Crippen molar-refractivity contribution in [3.05, 3.63) is 29.8 Å². The van der Waals surface area contributed by atoms with Crippen molar-refractivity contribution in [2.45, 2.75) is 50.0 Å². The van der Waals surface area contributed by atoms with Crippen LogP contribution in [0.15, 0.2) is 29.2 Å². The van der Waals surface area contributed by atoms with E-state index in [2.05, 4.69) is 0 Å². The Morgan fingerprint density at radius 1 is 1.18 bits per heavy atom. The van der Waals surface area contributed by atoms with Crippen LogP contribution in [0.1, 0.15) is 37.7 Å². The zero-order valence-corrected chi connectivity index (χ0v) is 13.4. The van der Waals surface area contributed by atoms with Gasteiger partial charge in [-0.25, -0.2) is 0 Å². The maximum atomic E-state index is 10.5. The van der Waals surface area contributed by atoms with Crippen LogP contribution in [0.2, 0.25) is 0 Å². The molecule has 1 fully saturated rings. The van der Waals surface area contributed by atoms with Gasteiger partial charge in [0.15, 0.2) is 0 Å². The summed E-state index contributed by atoms with van der Waals surface area (Å²) in [6.45, 7) is 1.84. The van der Waals surface area contributed by atoms with E-state index >= 15 is 0 Å². The Labute approximate surface area is 131 Å². The van der Waals surface area contributed by atoms with Gasteiger partial charge in [0.25, 0.3) is 10.1 Å². The molecule has 0 spiro atoms. The summed E-state index contributed by atoms with van der Waals surface area (Å²) in [6, 6.07) is 5.36. The molecule has 0 aliphatic heterocycles. The van der Waals surface area contributed by atoms with Gasteiger partial charge in [0.2, 0.25) is 0 Å². The lowest BCUT2D eigenvalue weighted by molar-refractivity contribution is -0.140. The van der Waals surface area contributed by atoms with E-state index in [1.807, 2.05) is 6.92 Å². The topological polar surface area (TPSA) is 118 Å². The summed E-state index contributed by atoms with van der Waals surface area (Å²) in [7, 11) is -4.02. The van der Waals surface area contributed by atoms with Crippen LogP contribution >= 0.6 is 0 Å². The van der Waals surface area contributed by atoms with Crippen LogP contribution in [0.5, 0.6) is 0 Å². The fraction of sp³-hybridized carbons (Fsp3) is 0.533. The fourth-order valence-electron chi connectivity index (χ4n) is 2.41. The normalized spacial score (nSPS) is 17.2. The van der Waals surface area contributed by atoms with Crippen molar-refractivity contribution < 1.29 is 22.9 Å². The summed E-state index contributed by atoms with van der Waals surface area (Å²) in [5.41, 5.74) is 6.45. The number of hydrogen-bond donors (Lipinski definition) is 3. The second-order valence-corrected chi connectivity index (χ2v) is 6.97. The van der Waals surface area contributed by atoms with Crippen molar-refractivity contribution in [1.82, 2.24) is 0 Å². The summed E-state index contributed by atoms with van der Waals surface area (Å²) in [4.78, 5) is 10.4. The van der Waals surface area contributed by atoms with Crippen LogP contribution in [0, 0.1) is 12.8 Å². The maximum Gasteiger partial charge on any atom is 0.320 e. The van der Waals surface area contributed by atoms with E-state index < -0.39 is 22.1 Å². The van der Waals surface area contributed by atoms with Gasteiger partial charge in [0.05, 0.1) is 4.90 Å². The molecule has 7 heteroatoms. The number of carbonyl (C=O) groups is 1. The second kappa shape index (κ2) is 8.26. The van der Waals surface area contributed by atoms with Crippen molar-refractivity contribution >= 4 is 16.1 Å². The molecule has 0 unspecified atom stereocenters. The van der Waals surface area contributed by atoms with Gasteiger partial charge in [-0.05, 0) is 37.8 Å². The molecular formula is C15H23NO5S. The number of carboxylic acid groups (broad SMARTS) is 1. The number of carboxylic acids is 1. The predicted molar refractivity (Wildman–Crippen MR) is 83.2 cm³/mol. The van der Waals surface area contributed by atoms with E-state index in [0.717, 1.165) is 31.2 Å². The van der Waals surface area contributed by atoms with Gasteiger partial charge in [0.1, 0.15) is 6.04 Å². The lowest BCUT2D eigenvalue weighted by Gasteiger charge is -2.24. The molecule has 4 N–H and O–H groups in total. The van der Waals surface area contributed by atoms with Crippen LogP contribution in [-0.4, -0.2) is 30.1 Å². The molecule has 0 bridgehead atoms. The summed E-state index contributed by atoms with van der Waals surface area (Å²) in [5.74, 6) is -0.627. The van der Waals surface area contributed by atoms with Gasteiger partial charge >= 0.3 is 5.97 Å². The van der Waals surface area contributed by atoms with Gasteiger partial charge in [-0.2, -0.15) is 8.42 Å². The number of aryl methyl sites for hydroxylation is 1. The SMILES string of the molecule is Cc1ccc(S(=O)(=O)O)cc1.N[C@H](C(=O)O)C1CCCCC1. The van der Waals surface area contributed by atoms with Crippen molar-refractivity contribution in [3.63, 3.8) is 0 Å². The van der Waals surface area contributed by atoms with Crippen LogP contribution in [0.3, 0.4) is 0 Å². The van der Waals surface area contributed by atoms with Crippen LogP contribution in [0.4, 0.5) is 0 Å². The highest BCUT2D eigenvalue weighted by atomic mass is 32.2. The van der Waals surface area contributed by atoms with Gasteiger partial charge in [-0.3, -0.25) is 9.35 Å². The molecule has 1 aromatic carbocycles. The first-order valence-corrected chi connectivity index (χ1v) is 8.68. The molecule has 0 radical (unpaired) electrons. The molecule has 0 saturated heterocycles. The molecule has 1 atom stereocenters. The number of aliphatic carboxylic acids is 1. The summed E-state index contributed by atoms with van der Waals surface area (Å²) in [5, 5.41) is 8.61. The largest absolute Gasteiger partial charge is 0.480 e. The molecule has 1 aliphatic rings. The second-order valence-electron chi connectivity index (χ2n) is 5.55. The van der Waals surface area contributed by atoms with E-state index in [0.29, 0.717) is 0 Å². The Kier molecular flexibility index (Phi) is 6.99. The van der Waals surface area contributed by atoms with Crippen LogP contribution in [0.25, 0.3) is 0 Å². The molecule has 1 aromatic rings.